The van der Waals surface area contributed by atoms with Crippen LogP contribution in [0.2, 0.25) is 0 Å². The molecule has 1 N–H and O–H groups in total. The smallest absolute Gasteiger partial charge is 0.330 e. The number of allylic oxidation sites excluding steroid dienone is 1. The molecule has 0 radical (unpaired) electrons. The molecule has 0 aliphatic heterocycles. The van der Waals surface area contributed by atoms with E-state index < -0.39 is 0 Å². The van der Waals surface area contributed by atoms with Gasteiger partial charge >= 0.3 is 5.97 Å². The van der Waals surface area contributed by atoms with Crippen molar-refractivity contribution in [1.29, 1.82) is 0 Å². The first-order valence-electron chi connectivity index (χ1n) is 6.82. The summed E-state index contributed by atoms with van der Waals surface area (Å²) in [7, 11) is 0. The first kappa shape index (κ1) is 13.6. The lowest BCUT2D eigenvalue weighted by molar-refractivity contribution is -0.183. The third-order valence-corrected chi connectivity index (χ3v) is 6.03. The SMILES string of the molecule is CCOC(=O)/C=C/C12CC[C@](C)(C1CO)C2(C)C. The molecule has 3 rings (SSSR count). The fraction of sp³-hybridized carbons (Fsp3) is 0.800. The van der Waals surface area contributed by atoms with Crippen molar-refractivity contribution < 1.29 is 14.6 Å². The number of fused-ring (bicyclic) bond motifs is 1. The van der Waals surface area contributed by atoms with Gasteiger partial charge in [0.05, 0.1) is 6.61 Å². The number of carbonyl (C=O) groups is 1. The maximum Gasteiger partial charge on any atom is 0.330 e. The molecule has 0 aromatic heterocycles. The minimum absolute atomic E-state index is 0.0384. The van der Waals surface area contributed by atoms with Gasteiger partial charge in [-0.2, -0.15) is 0 Å². The van der Waals surface area contributed by atoms with Gasteiger partial charge in [0, 0.05) is 12.7 Å². The molecule has 102 valence electrons. The molecule has 2 unspecified atom stereocenters. The van der Waals surface area contributed by atoms with Crippen molar-refractivity contribution in [2.75, 3.05) is 13.2 Å². The van der Waals surface area contributed by atoms with E-state index in [1.807, 2.05) is 6.08 Å². The fourth-order valence-electron chi connectivity index (χ4n) is 4.51. The lowest BCUT2D eigenvalue weighted by Crippen LogP contribution is -2.63. The molecule has 0 aromatic carbocycles. The Morgan fingerprint density at radius 2 is 2.06 bits per heavy atom. The van der Waals surface area contributed by atoms with Gasteiger partial charge in [-0.25, -0.2) is 4.79 Å². The van der Waals surface area contributed by atoms with Crippen LogP contribution in [0.15, 0.2) is 12.2 Å². The molecule has 0 amide bonds. The Morgan fingerprint density at radius 1 is 1.39 bits per heavy atom. The van der Waals surface area contributed by atoms with Gasteiger partial charge < -0.3 is 9.84 Å². The van der Waals surface area contributed by atoms with Gasteiger partial charge in [0.2, 0.25) is 0 Å². The van der Waals surface area contributed by atoms with Crippen molar-refractivity contribution in [3.63, 3.8) is 0 Å². The highest BCUT2D eigenvalue weighted by Gasteiger charge is 2.76. The molecule has 3 heteroatoms. The summed E-state index contributed by atoms with van der Waals surface area (Å²) in [6, 6.07) is 0. The largest absolute Gasteiger partial charge is 0.463 e. The van der Waals surface area contributed by atoms with Crippen molar-refractivity contribution in [2.24, 2.45) is 22.2 Å². The average molecular weight is 252 g/mol. The molecular formula is C15H24O3. The predicted molar refractivity (Wildman–Crippen MR) is 69.9 cm³/mol. The van der Waals surface area contributed by atoms with E-state index in [2.05, 4.69) is 20.8 Å². The zero-order valence-corrected chi connectivity index (χ0v) is 11.8. The molecule has 0 saturated heterocycles. The summed E-state index contributed by atoms with van der Waals surface area (Å²) in [4.78, 5) is 11.5. The van der Waals surface area contributed by atoms with E-state index >= 15 is 0 Å². The number of hydrogen-bond acceptors (Lipinski definition) is 3. The first-order chi connectivity index (χ1) is 8.35. The van der Waals surface area contributed by atoms with Crippen LogP contribution in [0.25, 0.3) is 0 Å². The van der Waals surface area contributed by atoms with Crippen molar-refractivity contribution in [3.8, 4) is 0 Å². The van der Waals surface area contributed by atoms with Crippen LogP contribution in [0, 0.1) is 22.2 Å². The maximum absolute atomic E-state index is 11.5. The van der Waals surface area contributed by atoms with Gasteiger partial charge in [-0.15, -0.1) is 0 Å². The van der Waals surface area contributed by atoms with Gasteiger partial charge in [-0.3, -0.25) is 0 Å². The fourth-order valence-corrected chi connectivity index (χ4v) is 4.51. The Bertz CT molecular complexity index is 385. The van der Waals surface area contributed by atoms with E-state index in [1.54, 1.807) is 13.0 Å². The molecule has 0 spiro atoms. The topological polar surface area (TPSA) is 46.5 Å². The van der Waals surface area contributed by atoms with Crippen LogP contribution in [0.1, 0.15) is 40.5 Å². The van der Waals surface area contributed by atoms with Crippen LogP contribution in [0.5, 0.6) is 0 Å². The first-order valence-corrected chi connectivity index (χ1v) is 6.82. The van der Waals surface area contributed by atoms with Crippen LogP contribution >= 0.6 is 0 Å². The molecule has 2 bridgehead atoms. The molecule has 3 saturated carbocycles. The number of ether oxygens (including phenoxy) is 1. The molecular weight excluding hydrogens is 228 g/mol. The molecule has 3 aliphatic rings. The molecule has 18 heavy (non-hydrogen) atoms. The molecule has 3 nitrogen and oxygen atoms in total. The predicted octanol–water partition coefficient (Wildman–Crippen LogP) is 2.54. The second kappa shape index (κ2) is 4.09. The number of rotatable bonds is 4. The van der Waals surface area contributed by atoms with Crippen molar-refractivity contribution in [1.82, 2.24) is 0 Å². The zero-order valence-electron chi connectivity index (χ0n) is 11.8. The monoisotopic (exact) mass is 252 g/mol. The third-order valence-electron chi connectivity index (χ3n) is 6.03. The van der Waals surface area contributed by atoms with Crippen LogP contribution < -0.4 is 0 Å². The van der Waals surface area contributed by atoms with Crippen molar-refractivity contribution >= 4 is 5.97 Å². The number of carbonyl (C=O) groups excluding carboxylic acids is 1. The van der Waals surface area contributed by atoms with E-state index in [0.717, 1.165) is 12.8 Å². The normalized spacial score (nSPS) is 40.8. The van der Waals surface area contributed by atoms with Crippen LogP contribution in [0.4, 0.5) is 0 Å². The summed E-state index contributed by atoms with van der Waals surface area (Å²) in [5.41, 5.74) is 0.292. The maximum atomic E-state index is 11.5. The van der Waals surface area contributed by atoms with Crippen LogP contribution in [0.3, 0.4) is 0 Å². The Balaban J connectivity index is 2.23. The molecule has 3 atom stereocenters. The lowest BCUT2D eigenvalue weighted by Gasteiger charge is -2.66. The number of aliphatic hydroxyl groups excluding tert-OH is 1. The minimum Gasteiger partial charge on any atom is -0.463 e. The summed E-state index contributed by atoms with van der Waals surface area (Å²) in [6.45, 7) is 9.18. The van der Waals surface area contributed by atoms with Gasteiger partial charge in [0.15, 0.2) is 0 Å². The Morgan fingerprint density at radius 3 is 2.56 bits per heavy atom. The lowest BCUT2D eigenvalue weighted by atomic mass is 9.38. The molecule has 0 heterocycles. The molecule has 3 fully saturated rings. The Labute approximate surface area is 109 Å². The summed E-state index contributed by atoms with van der Waals surface area (Å²) in [6.07, 6.45) is 5.73. The average Bonchev–Trinajstić information content (AvgIpc) is 2.72. The quantitative estimate of drug-likeness (QED) is 0.618. The number of aliphatic hydroxyl groups is 1. The van der Waals surface area contributed by atoms with Gasteiger partial charge in [0.1, 0.15) is 0 Å². The molecule has 0 aromatic rings. The molecule has 3 aliphatic carbocycles. The third kappa shape index (κ3) is 1.37. The van der Waals surface area contributed by atoms with Crippen LogP contribution in [-0.2, 0) is 9.53 Å². The van der Waals surface area contributed by atoms with Crippen molar-refractivity contribution in [2.45, 2.75) is 40.5 Å². The van der Waals surface area contributed by atoms with Gasteiger partial charge in [-0.05, 0) is 41.9 Å². The summed E-state index contributed by atoms with van der Waals surface area (Å²) in [5, 5.41) is 9.65. The standard InChI is InChI=1S/C15H24O3/c1-5-18-12(17)6-7-15-9-8-14(4,11(15)10-16)13(15,2)3/h6-7,11,16H,5,8-10H2,1-4H3/b7-6+/t11?,14-,15?/m1/s1. The van der Waals surface area contributed by atoms with Gasteiger partial charge in [-0.1, -0.05) is 26.8 Å². The number of hydrogen-bond donors (Lipinski definition) is 1. The highest BCUT2D eigenvalue weighted by Crippen LogP contribution is 2.81. The van der Waals surface area contributed by atoms with Gasteiger partial charge in [0.25, 0.3) is 0 Å². The summed E-state index contributed by atoms with van der Waals surface area (Å²) < 4.78 is 4.94. The highest BCUT2D eigenvalue weighted by molar-refractivity contribution is 5.82. The van der Waals surface area contributed by atoms with E-state index in [0.29, 0.717) is 6.61 Å². The van der Waals surface area contributed by atoms with E-state index in [-0.39, 0.29) is 34.7 Å². The zero-order chi connectivity index (χ0) is 13.6. The van der Waals surface area contributed by atoms with Crippen LogP contribution in [-0.4, -0.2) is 24.3 Å². The van der Waals surface area contributed by atoms with E-state index in [9.17, 15) is 9.90 Å². The Hall–Kier alpha value is -0.830. The second-order valence-electron chi connectivity index (χ2n) is 6.40. The minimum atomic E-state index is -0.278. The van der Waals surface area contributed by atoms with Crippen molar-refractivity contribution in [3.05, 3.63) is 12.2 Å². The van der Waals surface area contributed by atoms with E-state index in [4.69, 9.17) is 4.74 Å². The summed E-state index contributed by atoms with van der Waals surface area (Å²) in [5.74, 6) is -0.00876. The summed E-state index contributed by atoms with van der Waals surface area (Å²) >= 11 is 0. The number of esters is 1. The van der Waals surface area contributed by atoms with E-state index in [1.165, 1.54) is 0 Å². The second-order valence-corrected chi connectivity index (χ2v) is 6.40. The Kier molecular flexibility index (Phi) is 3.09. The highest BCUT2D eigenvalue weighted by atomic mass is 16.5.